The molecule has 0 saturated heterocycles. The standard InChI is InChI=1S/C9H20O.C8H18/c1-4-5-9(6-7-10)8(2)3;1-4-5-6-7-8(2)3/h8-10H,4-7H2,1-3H3;8H,4-7H2,1-3H3. The van der Waals surface area contributed by atoms with E-state index in [0.29, 0.717) is 6.61 Å². The molecule has 0 spiro atoms. The minimum Gasteiger partial charge on any atom is -0.396 e. The SMILES string of the molecule is CCCC(CCO)C(C)C.CCCCCC(C)C. The summed E-state index contributed by atoms with van der Waals surface area (Å²) in [6.45, 7) is 13.8. The molecule has 0 fully saturated rings. The van der Waals surface area contributed by atoms with Crippen LogP contribution in [0.1, 0.15) is 86.5 Å². The van der Waals surface area contributed by atoms with Crippen LogP contribution in [0, 0.1) is 17.8 Å². The van der Waals surface area contributed by atoms with E-state index in [1.54, 1.807) is 0 Å². The summed E-state index contributed by atoms with van der Waals surface area (Å²) in [5, 5.41) is 8.71. The maximum absolute atomic E-state index is 8.71. The normalized spacial score (nSPS) is 12.5. The number of hydrogen-bond acceptors (Lipinski definition) is 1. The van der Waals surface area contributed by atoms with Gasteiger partial charge >= 0.3 is 0 Å². The van der Waals surface area contributed by atoms with E-state index < -0.39 is 0 Å². The lowest BCUT2D eigenvalue weighted by Gasteiger charge is -2.18. The van der Waals surface area contributed by atoms with Crippen molar-refractivity contribution in [3.8, 4) is 0 Å². The zero-order chi connectivity index (χ0) is 14.4. The third-order valence-corrected chi connectivity index (χ3v) is 3.49. The molecule has 0 saturated carbocycles. The smallest absolute Gasteiger partial charge is 0.0433 e. The lowest BCUT2D eigenvalue weighted by Crippen LogP contribution is -2.09. The number of rotatable bonds is 9. The highest BCUT2D eigenvalue weighted by Crippen LogP contribution is 2.19. The van der Waals surface area contributed by atoms with Gasteiger partial charge in [-0.2, -0.15) is 0 Å². The first-order valence-electron chi connectivity index (χ1n) is 8.10. The third-order valence-electron chi connectivity index (χ3n) is 3.49. The van der Waals surface area contributed by atoms with Gasteiger partial charge in [0.25, 0.3) is 0 Å². The second-order valence-corrected chi connectivity index (χ2v) is 6.19. The van der Waals surface area contributed by atoms with Crippen LogP contribution in [0.2, 0.25) is 0 Å². The van der Waals surface area contributed by atoms with Gasteiger partial charge < -0.3 is 5.11 Å². The monoisotopic (exact) mass is 258 g/mol. The summed E-state index contributed by atoms with van der Waals surface area (Å²) >= 11 is 0. The van der Waals surface area contributed by atoms with E-state index in [0.717, 1.165) is 24.2 Å². The van der Waals surface area contributed by atoms with Crippen molar-refractivity contribution in [3.05, 3.63) is 0 Å². The molecule has 1 unspecified atom stereocenters. The summed E-state index contributed by atoms with van der Waals surface area (Å²) < 4.78 is 0. The summed E-state index contributed by atoms with van der Waals surface area (Å²) in [7, 11) is 0. The van der Waals surface area contributed by atoms with Crippen LogP contribution in [0.4, 0.5) is 0 Å². The zero-order valence-electron chi connectivity index (χ0n) is 13.8. The first-order chi connectivity index (χ1) is 8.49. The molecule has 1 nitrogen and oxygen atoms in total. The van der Waals surface area contributed by atoms with E-state index in [1.165, 1.54) is 38.5 Å². The molecule has 0 amide bonds. The van der Waals surface area contributed by atoms with Gasteiger partial charge in [-0.15, -0.1) is 0 Å². The molecule has 0 rings (SSSR count). The average Bonchev–Trinajstić information content (AvgIpc) is 2.29. The molecule has 0 aromatic heterocycles. The van der Waals surface area contributed by atoms with Crippen molar-refractivity contribution in [1.29, 1.82) is 0 Å². The fraction of sp³-hybridized carbons (Fsp3) is 1.00. The Bertz CT molecular complexity index is 135. The van der Waals surface area contributed by atoms with Gasteiger partial charge in [0.1, 0.15) is 0 Å². The van der Waals surface area contributed by atoms with Crippen LogP contribution in [-0.2, 0) is 0 Å². The van der Waals surface area contributed by atoms with Crippen molar-refractivity contribution >= 4 is 0 Å². The Labute approximate surface area is 116 Å². The first kappa shape index (κ1) is 20.3. The molecule has 0 aliphatic rings. The van der Waals surface area contributed by atoms with Crippen molar-refractivity contribution in [2.24, 2.45) is 17.8 Å². The molecule has 1 N–H and O–H groups in total. The molecule has 0 aromatic rings. The van der Waals surface area contributed by atoms with Crippen LogP contribution in [0.25, 0.3) is 0 Å². The Balaban J connectivity index is 0. The van der Waals surface area contributed by atoms with Gasteiger partial charge in [0.2, 0.25) is 0 Å². The van der Waals surface area contributed by atoms with Gasteiger partial charge in [0.05, 0.1) is 0 Å². The topological polar surface area (TPSA) is 20.2 Å². The van der Waals surface area contributed by atoms with Crippen LogP contribution < -0.4 is 0 Å². The Morgan fingerprint density at radius 3 is 1.72 bits per heavy atom. The molecule has 0 radical (unpaired) electrons. The molecule has 0 bridgehead atoms. The highest BCUT2D eigenvalue weighted by molar-refractivity contribution is 4.61. The minimum atomic E-state index is 0.350. The van der Waals surface area contributed by atoms with Crippen molar-refractivity contribution < 1.29 is 5.11 Å². The van der Waals surface area contributed by atoms with E-state index in [2.05, 4.69) is 41.5 Å². The zero-order valence-corrected chi connectivity index (χ0v) is 13.8. The van der Waals surface area contributed by atoms with Crippen LogP contribution in [0.15, 0.2) is 0 Å². The summed E-state index contributed by atoms with van der Waals surface area (Å²) in [6.07, 6.45) is 9.08. The molecule has 0 aromatic carbocycles. The highest BCUT2D eigenvalue weighted by atomic mass is 16.3. The van der Waals surface area contributed by atoms with Gasteiger partial charge in [-0.1, -0.05) is 80.1 Å². The first-order valence-corrected chi connectivity index (χ1v) is 8.10. The fourth-order valence-corrected chi connectivity index (χ4v) is 2.15. The molecule has 1 heteroatoms. The van der Waals surface area contributed by atoms with Crippen molar-refractivity contribution in [1.82, 2.24) is 0 Å². The average molecular weight is 258 g/mol. The van der Waals surface area contributed by atoms with E-state index in [-0.39, 0.29) is 0 Å². The Morgan fingerprint density at radius 2 is 1.39 bits per heavy atom. The minimum absolute atomic E-state index is 0.350. The highest BCUT2D eigenvalue weighted by Gasteiger charge is 2.10. The lowest BCUT2D eigenvalue weighted by molar-refractivity contribution is 0.223. The number of aliphatic hydroxyl groups excluding tert-OH is 1. The van der Waals surface area contributed by atoms with Crippen LogP contribution >= 0.6 is 0 Å². The molecule has 0 aliphatic heterocycles. The van der Waals surface area contributed by atoms with Crippen LogP contribution in [0.3, 0.4) is 0 Å². The van der Waals surface area contributed by atoms with Crippen molar-refractivity contribution in [2.75, 3.05) is 6.61 Å². The van der Waals surface area contributed by atoms with Gasteiger partial charge in [0.15, 0.2) is 0 Å². The van der Waals surface area contributed by atoms with Crippen LogP contribution in [0.5, 0.6) is 0 Å². The van der Waals surface area contributed by atoms with Crippen molar-refractivity contribution in [3.63, 3.8) is 0 Å². The molecular formula is C17H38O. The van der Waals surface area contributed by atoms with E-state index in [9.17, 15) is 0 Å². The molecule has 0 aliphatic carbocycles. The molecule has 0 heterocycles. The number of hydrogen-bond donors (Lipinski definition) is 1. The predicted molar refractivity (Wildman–Crippen MR) is 83.9 cm³/mol. The maximum Gasteiger partial charge on any atom is 0.0433 e. The van der Waals surface area contributed by atoms with E-state index >= 15 is 0 Å². The lowest BCUT2D eigenvalue weighted by atomic mass is 9.89. The molecule has 1 atom stereocenters. The van der Waals surface area contributed by atoms with Crippen molar-refractivity contribution in [2.45, 2.75) is 86.5 Å². The quantitative estimate of drug-likeness (QED) is 0.529. The Kier molecular flexibility index (Phi) is 16.9. The van der Waals surface area contributed by atoms with Gasteiger partial charge in [-0.3, -0.25) is 0 Å². The molecule has 18 heavy (non-hydrogen) atoms. The fourth-order valence-electron chi connectivity index (χ4n) is 2.15. The summed E-state index contributed by atoms with van der Waals surface area (Å²) in [4.78, 5) is 0. The maximum atomic E-state index is 8.71. The van der Waals surface area contributed by atoms with Crippen LogP contribution in [-0.4, -0.2) is 11.7 Å². The van der Waals surface area contributed by atoms with E-state index in [1.807, 2.05) is 0 Å². The van der Waals surface area contributed by atoms with Gasteiger partial charge in [-0.25, -0.2) is 0 Å². The van der Waals surface area contributed by atoms with Gasteiger partial charge in [-0.05, 0) is 24.2 Å². The Morgan fingerprint density at radius 1 is 0.778 bits per heavy atom. The second kappa shape index (κ2) is 15.0. The third kappa shape index (κ3) is 16.0. The summed E-state index contributed by atoms with van der Waals surface area (Å²) in [5.74, 6) is 2.36. The summed E-state index contributed by atoms with van der Waals surface area (Å²) in [6, 6.07) is 0. The second-order valence-electron chi connectivity index (χ2n) is 6.19. The summed E-state index contributed by atoms with van der Waals surface area (Å²) in [5.41, 5.74) is 0. The molecular weight excluding hydrogens is 220 g/mol. The van der Waals surface area contributed by atoms with E-state index in [4.69, 9.17) is 5.11 Å². The largest absolute Gasteiger partial charge is 0.396 e. The Hall–Kier alpha value is -0.0400. The van der Waals surface area contributed by atoms with Gasteiger partial charge in [0, 0.05) is 6.61 Å². The molecule has 112 valence electrons. The number of aliphatic hydroxyl groups is 1. The number of unbranched alkanes of at least 4 members (excludes halogenated alkanes) is 2. The predicted octanol–water partition coefficient (Wildman–Crippen LogP) is 5.66.